The Kier molecular flexibility index (Phi) is 5.59. The molecular weight excluding hydrogens is 276 g/mol. The number of carbonyl (C=O) groups is 1. The normalized spacial score (nSPS) is 23.1. The van der Waals surface area contributed by atoms with Gasteiger partial charge in [0.05, 0.1) is 18.2 Å². The van der Waals surface area contributed by atoms with E-state index in [1.807, 2.05) is 45.0 Å². The summed E-state index contributed by atoms with van der Waals surface area (Å²) in [5.74, 6) is 0.0980. The third-order valence-electron chi connectivity index (χ3n) is 4.62. The molecule has 1 heterocycles. The Bertz CT molecular complexity index is 492. The first-order valence-corrected chi connectivity index (χ1v) is 8.25. The van der Waals surface area contributed by atoms with Crippen molar-refractivity contribution in [2.75, 3.05) is 19.6 Å². The summed E-state index contributed by atoms with van der Waals surface area (Å²) >= 11 is 0. The topological polar surface area (TPSA) is 52.6 Å². The Morgan fingerprint density at radius 3 is 2.59 bits per heavy atom. The number of amides is 1. The molecule has 4 heteroatoms. The lowest BCUT2D eigenvalue weighted by Crippen LogP contribution is -2.58. The van der Waals surface area contributed by atoms with E-state index in [0.29, 0.717) is 13.1 Å². The summed E-state index contributed by atoms with van der Waals surface area (Å²) in [5, 5.41) is 13.8. The number of rotatable bonds is 5. The van der Waals surface area contributed by atoms with Crippen LogP contribution in [0.5, 0.6) is 0 Å². The zero-order valence-electron chi connectivity index (χ0n) is 13.9. The van der Waals surface area contributed by atoms with Crippen LogP contribution >= 0.6 is 0 Å². The Labute approximate surface area is 133 Å². The lowest BCUT2D eigenvalue weighted by Gasteiger charge is -2.38. The smallest absolute Gasteiger partial charge is 0.242 e. The molecular formula is C18H28N2O2. The lowest BCUT2D eigenvalue weighted by molar-refractivity contribution is -0.140. The first kappa shape index (κ1) is 17.0. The summed E-state index contributed by atoms with van der Waals surface area (Å²) < 4.78 is 0. The number of aliphatic hydroxyl groups excluding tert-OH is 1. The number of nitrogens with zero attached hydrogens (tertiary/aromatic N) is 1. The lowest BCUT2D eigenvalue weighted by atomic mass is 9.89. The maximum absolute atomic E-state index is 12.8. The molecule has 0 bridgehead atoms. The van der Waals surface area contributed by atoms with Crippen LogP contribution in [0.4, 0.5) is 0 Å². The van der Waals surface area contributed by atoms with Gasteiger partial charge in [-0.1, -0.05) is 29.8 Å². The van der Waals surface area contributed by atoms with Gasteiger partial charge in [0.15, 0.2) is 0 Å². The summed E-state index contributed by atoms with van der Waals surface area (Å²) in [4.78, 5) is 14.6. The van der Waals surface area contributed by atoms with Gasteiger partial charge in [-0.25, -0.2) is 0 Å². The minimum atomic E-state index is -0.642. The van der Waals surface area contributed by atoms with Crippen LogP contribution in [0.25, 0.3) is 0 Å². The van der Waals surface area contributed by atoms with E-state index in [4.69, 9.17) is 0 Å². The number of benzene rings is 1. The standard InChI is InChI=1S/C18H28N2O2/c1-4-20(17(22)18(3)11-5-6-12-19-18)13-16(21)15-9-7-14(2)8-10-15/h7-10,16,19,21H,4-6,11-13H2,1-3H3. The van der Waals surface area contributed by atoms with Crippen molar-refractivity contribution in [2.45, 2.75) is 51.7 Å². The highest BCUT2D eigenvalue weighted by Crippen LogP contribution is 2.23. The fourth-order valence-corrected chi connectivity index (χ4v) is 3.05. The van der Waals surface area contributed by atoms with E-state index in [0.717, 1.165) is 31.4 Å². The molecule has 1 aromatic carbocycles. The highest BCUT2D eigenvalue weighted by Gasteiger charge is 2.37. The van der Waals surface area contributed by atoms with Crippen molar-refractivity contribution in [3.8, 4) is 0 Å². The number of hydrogen-bond acceptors (Lipinski definition) is 3. The third kappa shape index (κ3) is 3.87. The number of piperidine rings is 1. The van der Waals surface area contributed by atoms with Crippen molar-refractivity contribution in [2.24, 2.45) is 0 Å². The molecule has 2 N–H and O–H groups in total. The molecule has 2 atom stereocenters. The number of aryl methyl sites for hydroxylation is 1. The minimum absolute atomic E-state index is 0.0980. The summed E-state index contributed by atoms with van der Waals surface area (Å²) in [5.41, 5.74) is 1.54. The molecule has 2 unspecified atom stereocenters. The number of nitrogens with one attached hydrogen (secondary N) is 1. The highest BCUT2D eigenvalue weighted by atomic mass is 16.3. The van der Waals surface area contributed by atoms with Gasteiger partial charge in [-0.3, -0.25) is 4.79 Å². The second-order valence-corrected chi connectivity index (χ2v) is 6.49. The van der Waals surface area contributed by atoms with Crippen LogP contribution in [-0.2, 0) is 4.79 Å². The van der Waals surface area contributed by atoms with Crippen molar-refractivity contribution in [1.82, 2.24) is 10.2 Å². The molecule has 1 fully saturated rings. The van der Waals surface area contributed by atoms with E-state index in [9.17, 15) is 9.90 Å². The maximum atomic E-state index is 12.8. The van der Waals surface area contributed by atoms with Crippen LogP contribution < -0.4 is 5.32 Å². The first-order valence-electron chi connectivity index (χ1n) is 8.25. The van der Waals surface area contributed by atoms with Gasteiger partial charge in [-0.05, 0) is 52.1 Å². The van der Waals surface area contributed by atoms with Crippen molar-refractivity contribution < 1.29 is 9.90 Å². The zero-order valence-corrected chi connectivity index (χ0v) is 13.9. The molecule has 122 valence electrons. The summed E-state index contributed by atoms with van der Waals surface area (Å²) in [6, 6.07) is 7.83. The van der Waals surface area contributed by atoms with Crippen LogP contribution in [0.2, 0.25) is 0 Å². The third-order valence-corrected chi connectivity index (χ3v) is 4.62. The van der Waals surface area contributed by atoms with Gasteiger partial charge < -0.3 is 15.3 Å². The van der Waals surface area contributed by atoms with Crippen molar-refractivity contribution >= 4 is 5.91 Å². The number of hydrogen-bond donors (Lipinski definition) is 2. The van der Waals surface area contributed by atoms with Crippen molar-refractivity contribution in [1.29, 1.82) is 0 Å². The van der Waals surface area contributed by atoms with Gasteiger partial charge in [0.2, 0.25) is 5.91 Å². The van der Waals surface area contributed by atoms with Gasteiger partial charge in [-0.2, -0.15) is 0 Å². The average Bonchev–Trinajstić information content (AvgIpc) is 2.53. The second kappa shape index (κ2) is 7.25. The molecule has 1 amide bonds. The number of carbonyl (C=O) groups excluding carboxylic acids is 1. The quantitative estimate of drug-likeness (QED) is 0.878. The molecule has 1 aromatic rings. The summed E-state index contributed by atoms with van der Waals surface area (Å²) in [6.07, 6.45) is 2.42. The van der Waals surface area contributed by atoms with Crippen LogP contribution in [-0.4, -0.2) is 41.1 Å². The Balaban J connectivity index is 2.04. The summed E-state index contributed by atoms with van der Waals surface area (Å²) in [7, 11) is 0. The van der Waals surface area contributed by atoms with E-state index in [2.05, 4.69) is 5.32 Å². The van der Waals surface area contributed by atoms with E-state index < -0.39 is 11.6 Å². The molecule has 22 heavy (non-hydrogen) atoms. The summed E-state index contributed by atoms with van der Waals surface area (Å²) in [6.45, 7) is 7.81. The van der Waals surface area contributed by atoms with Crippen LogP contribution in [0.1, 0.15) is 50.3 Å². The van der Waals surface area contributed by atoms with Crippen LogP contribution in [0.3, 0.4) is 0 Å². The van der Waals surface area contributed by atoms with Gasteiger partial charge in [0.1, 0.15) is 0 Å². The molecule has 0 spiro atoms. The zero-order chi connectivity index (χ0) is 16.2. The van der Waals surface area contributed by atoms with Gasteiger partial charge in [-0.15, -0.1) is 0 Å². The fourth-order valence-electron chi connectivity index (χ4n) is 3.05. The molecule has 0 aliphatic carbocycles. The van der Waals surface area contributed by atoms with Gasteiger partial charge in [0, 0.05) is 6.54 Å². The second-order valence-electron chi connectivity index (χ2n) is 6.49. The van der Waals surface area contributed by atoms with Crippen LogP contribution in [0, 0.1) is 6.92 Å². The Morgan fingerprint density at radius 2 is 2.05 bits per heavy atom. The molecule has 0 radical (unpaired) electrons. The van der Waals surface area contributed by atoms with E-state index in [-0.39, 0.29) is 5.91 Å². The van der Waals surface area contributed by atoms with Gasteiger partial charge >= 0.3 is 0 Å². The highest BCUT2D eigenvalue weighted by molar-refractivity contribution is 5.86. The molecule has 0 aromatic heterocycles. The molecule has 0 saturated carbocycles. The van der Waals surface area contributed by atoms with Crippen LogP contribution in [0.15, 0.2) is 24.3 Å². The van der Waals surface area contributed by atoms with Gasteiger partial charge in [0.25, 0.3) is 0 Å². The largest absolute Gasteiger partial charge is 0.387 e. The number of likely N-dealkylation sites (N-methyl/N-ethyl adjacent to an activating group) is 1. The van der Waals surface area contributed by atoms with E-state index in [1.54, 1.807) is 4.90 Å². The molecule has 1 aliphatic heterocycles. The molecule has 1 aliphatic rings. The fraction of sp³-hybridized carbons (Fsp3) is 0.611. The Morgan fingerprint density at radius 1 is 1.36 bits per heavy atom. The predicted octanol–water partition coefficient (Wildman–Crippen LogP) is 2.41. The average molecular weight is 304 g/mol. The van der Waals surface area contributed by atoms with Crippen molar-refractivity contribution in [3.05, 3.63) is 35.4 Å². The number of aliphatic hydroxyl groups is 1. The first-order chi connectivity index (χ1) is 10.5. The van der Waals surface area contributed by atoms with Crippen molar-refractivity contribution in [3.63, 3.8) is 0 Å². The Hall–Kier alpha value is -1.39. The maximum Gasteiger partial charge on any atom is 0.242 e. The predicted molar refractivity (Wildman–Crippen MR) is 88.7 cm³/mol. The molecule has 4 nitrogen and oxygen atoms in total. The van der Waals surface area contributed by atoms with E-state index >= 15 is 0 Å². The monoisotopic (exact) mass is 304 g/mol. The SMILES string of the molecule is CCN(CC(O)c1ccc(C)cc1)C(=O)C1(C)CCCCN1. The minimum Gasteiger partial charge on any atom is -0.387 e. The molecule has 1 saturated heterocycles. The van der Waals surface area contributed by atoms with E-state index in [1.165, 1.54) is 5.56 Å². The molecule has 2 rings (SSSR count).